The van der Waals surface area contributed by atoms with Gasteiger partial charge < -0.3 is 14.9 Å². The van der Waals surface area contributed by atoms with Gasteiger partial charge in [0, 0.05) is 7.11 Å². The molecule has 164 valence electrons. The predicted octanol–water partition coefficient (Wildman–Crippen LogP) is 6.62. The summed E-state index contributed by atoms with van der Waals surface area (Å²) in [7, 11) is 2.72. The van der Waals surface area contributed by atoms with Crippen molar-refractivity contribution in [3.8, 4) is 11.5 Å². The molecule has 0 aromatic heterocycles. The van der Waals surface area contributed by atoms with Crippen LogP contribution in [0, 0.1) is 13.8 Å². The fourth-order valence-electron chi connectivity index (χ4n) is 2.92. The molecule has 0 fully saturated rings. The van der Waals surface area contributed by atoms with Crippen molar-refractivity contribution in [1.82, 2.24) is 0 Å². The van der Waals surface area contributed by atoms with Crippen LogP contribution in [-0.2, 0) is 11.0 Å². The molecule has 0 spiro atoms. The van der Waals surface area contributed by atoms with E-state index in [2.05, 4.69) is 52.8 Å². The van der Waals surface area contributed by atoms with Crippen molar-refractivity contribution in [2.24, 2.45) is 0 Å². The molecule has 0 aliphatic rings. The summed E-state index contributed by atoms with van der Waals surface area (Å²) >= 11 is 0. The van der Waals surface area contributed by atoms with Crippen LogP contribution in [0.1, 0.15) is 74.8 Å². The molecule has 2 N–H and O–H groups in total. The van der Waals surface area contributed by atoms with Crippen molar-refractivity contribution in [2.45, 2.75) is 67.2 Å². The Hall–Kier alpha value is -1.90. The fraction of sp³-hybridized carbons (Fsp3) is 0.500. The number of aryl methyl sites for hydroxylation is 2. The highest BCUT2D eigenvalue weighted by Crippen LogP contribution is 2.29. The topological polar surface area (TPSA) is 66.8 Å². The largest absolute Gasteiger partial charge is 0.508 e. The minimum atomic E-state index is 0.321. The number of aliphatic hydroxyl groups is 1. The van der Waals surface area contributed by atoms with E-state index in [1.165, 1.54) is 22.3 Å². The molecular weight excluding hydrogens is 383 g/mol. The molecule has 5 heteroatoms. The summed E-state index contributed by atoms with van der Waals surface area (Å²) in [4.78, 5) is 0. The Balaban J connectivity index is 0. The van der Waals surface area contributed by atoms with Crippen LogP contribution in [0.5, 0.6) is 11.5 Å². The third kappa shape index (κ3) is 9.92. The zero-order valence-corrected chi connectivity index (χ0v) is 20.3. The van der Waals surface area contributed by atoms with Crippen LogP contribution in [0.25, 0.3) is 0 Å². The summed E-state index contributed by atoms with van der Waals surface area (Å²) < 4.78 is 13.8. The summed E-state index contributed by atoms with van der Waals surface area (Å²) in [6.07, 6.45) is 1.90. The van der Waals surface area contributed by atoms with Crippen molar-refractivity contribution in [2.75, 3.05) is 13.7 Å². The smallest absolute Gasteiger partial charge is 0.138 e. The first-order chi connectivity index (χ1) is 13.9. The SMILES string of the molecule is CC.CCCOc1cc(C)c(Cc2ccc(O)c(C(C)C)c2)c(C)c1.CO.O=P. The quantitative estimate of drug-likeness (QED) is 0.513. The van der Waals surface area contributed by atoms with Gasteiger partial charge in [-0.1, -0.05) is 46.8 Å². The first-order valence-corrected chi connectivity index (χ1v) is 10.5. The Morgan fingerprint density at radius 3 is 1.97 bits per heavy atom. The van der Waals surface area contributed by atoms with Gasteiger partial charge in [-0.15, -0.1) is 0 Å². The second-order valence-corrected chi connectivity index (χ2v) is 6.61. The van der Waals surface area contributed by atoms with Gasteiger partial charge in [0.25, 0.3) is 0 Å². The Labute approximate surface area is 179 Å². The molecule has 2 aromatic carbocycles. The van der Waals surface area contributed by atoms with Crippen molar-refractivity contribution in [3.05, 3.63) is 58.1 Å². The Morgan fingerprint density at radius 2 is 1.52 bits per heavy atom. The normalized spacial score (nSPS) is 9.31. The van der Waals surface area contributed by atoms with Gasteiger partial charge >= 0.3 is 0 Å². The summed E-state index contributed by atoms with van der Waals surface area (Å²) in [5, 5.41) is 17.0. The summed E-state index contributed by atoms with van der Waals surface area (Å²) in [6.45, 7) is 15.4. The average Bonchev–Trinajstić information content (AvgIpc) is 2.74. The minimum Gasteiger partial charge on any atom is -0.508 e. The molecule has 0 amide bonds. The van der Waals surface area contributed by atoms with Crippen LogP contribution in [0.3, 0.4) is 0 Å². The molecule has 0 aliphatic carbocycles. The predicted molar refractivity (Wildman–Crippen MR) is 125 cm³/mol. The molecule has 0 saturated heterocycles. The van der Waals surface area contributed by atoms with Crippen molar-refractivity contribution in [3.63, 3.8) is 0 Å². The molecule has 2 aromatic rings. The maximum atomic E-state index is 9.98. The molecule has 4 nitrogen and oxygen atoms in total. The second-order valence-electron chi connectivity index (χ2n) is 6.61. The zero-order valence-electron chi connectivity index (χ0n) is 19.3. The molecule has 0 radical (unpaired) electrons. The van der Waals surface area contributed by atoms with Crippen LogP contribution in [0.15, 0.2) is 30.3 Å². The average molecular weight is 423 g/mol. The number of phenolic OH excluding ortho intramolecular Hbond substituents is 1. The Bertz CT molecular complexity index is 676. The first-order valence-electron chi connectivity index (χ1n) is 10.1. The molecule has 0 aliphatic heterocycles. The van der Waals surface area contributed by atoms with Crippen molar-refractivity contribution in [1.29, 1.82) is 0 Å². The van der Waals surface area contributed by atoms with E-state index in [0.29, 0.717) is 11.7 Å². The van der Waals surface area contributed by atoms with E-state index >= 15 is 0 Å². The molecule has 0 atom stereocenters. The van der Waals surface area contributed by atoms with Gasteiger partial charge in [-0.25, -0.2) is 0 Å². The van der Waals surface area contributed by atoms with E-state index in [-0.39, 0.29) is 0 Å². The third-order valence-electron chi connectivity index (χ3n) is 4.24. The zero-order chi connectivity index (χ0) is 23.0. The van der Waals surface area contributed by atoms with Crippen LogP contribution < -0.4 is 4.74 Å². The lowest BCUT2D eigenvalue weighted by atomic mass is 9.93. The monoisotopic (exact) mass is 422 g/mol. The van der Waals surface area contributed by atoms with Gasteiger partial charge in [-0.05, 0) is 78.6 Å². The molecule has 0 bridgehead atoms. The summed E-state index contributed by atoms with van der Waals surface area (Å²) in [5.74, 6) is 1.67. The van der Waals surface area contributed by atoms with Crippen molar-refractivity contribution < 1.29 is 19.5 Å². The van der Waals surface area contributed by atoms with E-state index in [4.69, 9.17) is 14.4 Å². The van der Waals surface area contributed by atoms with Gasteiger partial charge in [0.1, 0.15) is 20.6 Å². The number of benzene rings is 2. The van der Waals surface area contributed by atoms with Gasteiger partial charge in [-0.2, -0.15) is 0 Å². The molecule has 29 heavy (non-hydrogen) atoms. The van der Waals surface area contributed by atoms with E-state index < -0.39 is 0 Å². The fourth-order valence-corrected chi connectivity index (χ4v) is 2.92. The highest BCUT2D eigenvalue weighted by molar-refractivity contribution is 7.00. The van der Waals surface area contributed by atoms with Gasteiger partial charge in [0.2, 0.25) is 0 Å². The van der Waals surface area contributed by atoms with E-state index in [1.807, 2.05) is 26.0 Å². The molecule has 2 rings (SSSR count). The number of rotatable bonds is 6. The number of ether oxygens (including phenoxy) is 1. The Morgan fingerprint density at radius 1 is 1.00 bits per heavy atom. The lowest BCUT2D eigenvalue weighted by molar-refractivity contribution is 0.317. The maximum Gasteiger partial charge on any atom is 0.138 e. The third-order valence-corrected chi connectivity index (χ3v) is 4.24. The number of phenols is 1. The summed E-state index contributed by atoms with van der Waals surface area (Å²) in [5.41, 5.74) is 6.11. The van der Waals surface area contributed by atoms with Gasteiger partial charge in [0.15, 0.2) is 0 Å². The minimum absolute atomic E-state index is 0.321. The highest BCUT2D eigenvalue weighted by atomic mass is 31.0. The number of hydrogen-bond donors (Lipinski definition) is 2. The van der Waals surface area contributed by atoms with Gasteiger partial charge in [0.05, 0.1) is 6.61 Å². The van der Waals surface area contributed by atoms with E-state index in [0.717, 1.165) is 37.9 Å². The molecule has 0 unspecified atom stereocenters. The highest BCUT2D eigenvalue weighted by Gasteiger charge is 2.10. The number of hydrogen-bond acceptors (Lipinski definition) is 4. The van der Waals surface area contributed by atoms with E-state index in [9.17, 15) is 5.11 Å². The van der Waals surface area contributed by atoms with Crippen LogP contribution >= 0.6 is 9.12 Å². The van der Waals surface area contributed by atoms with E-state index in [1.54, 1.807) is 9.12 Å². The summed E-state index contributed by atoms with van der Waals surface area (Å²) in [6, 6.07) is 10.2. The molecular formula is C24H39O4P. The van der Waals surface area contributed by atoms with Gasteiger partial charge in [-0.3, -0.25) is 4.57 Å². The standard InChI is InChI=1S/C21H28O2.C2H6.CH4O.HOP/c1-6-9-23-18-10-15(4)20(16(5)11-18)13-17-7-8-21(22)19(12-17)14(2)3;3*1-2/h7-8,10-12,14,22H,6,9,13H2,1-5H3;1-2H3;2H,1H3;2H. The lowest BCUT2D eigenvalue weighted by Crippen LogP contribution is -2.01. The lowest BCUT2D eigenvalue weighted by Gasteiger charge is -2.15. The Kier molecular flexibility index (Phi) is 17.2. The van der Waals surface area contributed by atoms with Crippen LogP contribution in [0.4, 0.5) is 0 Å². The number of aromatic hydroxyl groups is 1. The molecule has 0 heterocycles. The second kappa shape index (κ2) is 17.0. The first kappa shape index (κ1) is 29.3. The maximum absolute atomic E-state index is 9.98. The molecule has 0 saturated carbocycles. The van der Waals surface area contributed by atoms with Crippen LogP contribution in [0.2, 0.25) is 0 Å². The van der Waals surface area contributed by atoms with Crippen LogP contribution in [-0.4, -0.2) is 23.9 Å². The number of aliphatic hydroxyl groups excluding tert-OH is 1. The van der Waals surface area contributed by atoms with Crippen molar-refractivity contribution >= 4 is 9.12 Å².